The molecule has 0 atom stereocenters. The van der Waals surface area contributed by atoms with Gasteiger partial charge in [0.15, 0.2) is 0 Å². The standard InChI is InChI=1S/C14H20BrNO/c1-12-13(15)6-4-7-14(12)17-11-5-10-16-8-2-3-9-16/h4,6-7H,2-3,5,8-11H2,1H3. The molecule has 1 aromatic rings. The fourth-order valence-electron chi connectivity index (χ4n) is 2.22. The third-order valence-corrected chi connectivity index (χ3v) is 4.15. The summed E-state index contributed by atoms with van der Waals surface area (Å²) in [7, 11) is 0. The third-order valence-electron chi connectivity index (χ3n) is 3.29. The number of hydrogen-bond acceptors (Lipinski definition) is 2. The van der Waals surface area contributed by atoms with Crippen LogP contribution in [0.4, 0.5) is 0 Å². The van der Waals surface area contributed by atoms with Crippen LogP contribution in [0.3, 0.4) is 0 Å². The van der Waals surface area contributed by atoms with Crippen molar-refractivity contribution in [2.75, 3.05) is 26.2 Å². The van der Waals surface area contributed by atoms with E-state index in [1.54, 1.807) is 0 Å². The number of hydrogen-bond donors (Lipinski definition) is 0. The maximum atomic E-state index is 5.82. The van der Waals surface area contributed by atoms with E-state index in [4.69, 9.17) is 4.74 Å². The van der Waals surface area contributed by atoms with Gasteiger partial charge in [-0.2, -0.15) is 0 Å². The van der Waals surface area contributed by atoms with Crippen molar-refractivity contribution in [1.29, 1.82) is 0 Å². The number of nitrogens with zero attached hydrogens (tertiary/aromatic N) is 1. The molecule has 1 fully saturated rings. The van der Waals surface area contributed by atoms with E-state index in [0.717, 1.165) is 23.2 Å². The van der Waals surface area contributed by atoms with Crippen LogP contribution >= 0.6 is 15.9 Å². The van der Waals surface area contributed by atoms with Crippen LogP contribution in [0.15, 0.2) is 22.7 Å². The van der Waals surface area contributed by atoms with E-state index in [1.807, 2.05) is 18.2 Å². The largest absolute Gasteiger partial charge is 0.493 e. The van der Waals surface area contributed by atoms with Crippen molar-refractivity contribution in [3.8, 4) is 5.75 Å². The van der Waals surface area contributed by atoms with Crippen molar-refractivity contribution >= 4 is 15.9 Å². The molecule has 0 unspecified atom stereocenters. The van der Waals surface area contributed by atoms with Gasteiger partial charge in [-0.3, -0.25) is 0 Å². The Morgan fingerprint density at radius 3 is 2.82 bits per heavy atom. The minimum atomic E-state index is 0.813. The van der Waals surface area contributed by atoms with Crippen molar-refractivity contribution in [2.24, 2.45) is 0 Å². The lowest BCUT2D eigenvalue weighted by molar-refractivity contribution is 0.262. The van der Waals surface area contributed by atoms with Gasteiger partial charge in [-0.1, -0.05) is 22.0 Å². The molecule has 1 aliphatic heterocycles. The molecule has 0 saturated carbocycles. The Morgan fingerprint density at radius 2 is 2.06 bits per heavy atom. The van der Waals surface area contributed by atoms with Gasteiger partial charge in [-0.05, 0) is 51.4 Å². The van der Waals surface area contributed by atoms with Crippen molar-refractivity contribution in [3.63, 3.8) is 0 Å². The van der Waals surface area contributed by atoms with E-state index in [1.165, 1.54) is 38.0 Å². The lowest BCUT2D eigenvalue weighted by Crippen LogP contribution is -2.21. The molecule has 1 heterocycles. The topological polar surface area (TPSA) is 12.5 Å². The first-order valence-electron chi connectivity index (χ1n) is 6.37. The quantitative estimate of drug-likeness (QED) is 0.770. The molecule has 1 saturated heterocycles. The SMILES string of the molecule is Cc1c(Br)cccc1OCCCN1CCCC1. The zero-order valence-electron chi connectivity index (χ0n) is 10.4. The first kappa shape index (κ1) is 12.9. The zero-order chi connectivity index (χ0) is 12.1. The van der Waals surface area contributed by atoms with E-state index in [2.05, 4.69) is 27.8 Å². The van der Waals surface area contributed by atoms with Crippen molar-refractivity contribution < 1.29 is 4.74 Å². The molecule has 17 heavy (non-hydrogen) atoms. The van der Waals surface area contributed by atoms with Crippen molar-refractivity contribution in [1.82, 2.24) is 4.90 Å². The molecule has 0 bridgehead atoms. The molecule has 1 aromatic carbocycles. The number of ether oxygens (including phenoxy) is 1. The van der Waals surface area contributed by atoms with Crippen LogP contribution in [-0.2, 0) is 0 Å². The molecular formula is C14H20BrNO. The van der Waals surface area contributed by atoms with Gasteiger partial charge < -0.3 is 9.64 Å². The van der Waals surface area contributed by atoms with E-state index in [-0.39, 0.29) is 0 Å². The zero-order valence-corrected chi connectivity index (χ0v) is 12.0. The second-order valence-electron chi connectivity index (χ2n) is 4.61. The Hall–Kier alpha value is -0.540. The van der Waals surface area contributed by atoms with Crippen LogP contribution in [0.5, 0.6) is 5.75 Å². The summed E-state index contributed by atoms with van der Waals surface area (Å²) in [5, 5.41) is 0. The fourth-order valence-corrected chi connectivity index (χ4v) is 2.57. The summed E-state index contributed by atoms with van der Waals surface area (Å²) >= 11 is 3.52. The van der Waals surface area contributed by atoms with Crippen molar-refractivity contribution in [3.05, 3.63) is 28.2 Å². The molecule has 0 N–H and O–H groups in total. The van der Waals surface area contributed by atoms with Gasteiger partial charge >= 0.3 is 0 Å². The van der Waals surface area contributed by atoms with Crippen LogP contribution in [0.25, 0.3) is 0 Å². The average Bonchev–Trinajstić information content (AvgIpc) is 2.83. The summed E-state index contributed by atoms with van der Waals surface area (Å²) in [6, 6.07) is 6.11. The maximum Gasteiger partial charge on any atom is 0.123 e. The Kier molecular flexibility index (Phi) is 4.86. The minimum absolute atomic E-state index is 0.813. The Labute approximate surface area is 112 Å². The molecule has 2 nitrogen and oxygen atoms in total. The van der Waals surface area contributed by atoms with Gasteiger partial charge in [0, 0.05) is 16.6 Å². The highest BCUT2D eigenvalue weighted by molar-refractivity contribution is 9.10. The highest BCUT2D eigenvalue weighted by Crippen LogP contribution is 2.25. The van der Waals surface area contributed by atoms with Gasteiger partial charge in [0.1, 0.15) is 5.75 Å². The fraction of sp³-hybridized carbons (Fsp3) is 0.571. The Bertz CT molecular complexity index is 361. The molecule has 0 aromatic heterocycles. The van der Waals surface area contributed by atoms with Gasteiger partial charge in [0.25, 0.3) is 0 Å². The van der Waals surface area contributed by atoms with Crippen LogP contribution < -0.4 is 4.74 Å². The van der Waals surface area contributed by atoms with Gasteiger partial charge in [0.05, 0.1) is 6.61 Å². The highest BCUT2D eigenvalue weighted by Gasteiger charge is 2.10. The molecular weight excluding hydrogens is 278 g/mol. The molecule has 0 aliphatic carbocycles. The lowest BCUT2D eigenvalue weighted by Gasteiger charge is -2.15. The summed E-state index contributed by atoms with van der Waals surface area (Å²) in [6.07, 6.45) is 3.85. The monoisotopic (exact) mass is 297 g/mol. The lowest BCUT2D eigenvalue weighted by atomic mass is 10.2. The number of halogens is 1. The second kappa shape index (κ2) is 6.41. The van der Waals surface area contributed by atoms with Gasteiger partial charge in [-0.15, -0.1) is 0 Å². The van der Waals surface area contributed by atoms with Gasteiger partial charge in [-0.25, -0.2) is 0 Å². The predicted octanol–water partition coefficient (Wildman–Crippen LogP) is 3.62. The molecule has 2 rings (SSSR count). The van der Waals surface area contributed by atoms with Crippen LogP contribution in [-0.4, -0.2) is 31.1 Å². The summed E-state index contributed by atoms with van der Waals surface area (Å²) in [6.45, 7) is 6.62. The van der Waals surface area contributed by atoms with Crippen LogP contribution in [0.2, 0.25) is 0 Å². The third kappa shape index (κ3) is 3.71. The molecule has 1 aliphatic rings. The number of benzene rings is 1. The first-order chi connectivity index (χ1) is 8.27. The summed E-state index contributed by atoms with van der Waals surface area (Å²) in [5.74, 6) is 1.00. The van der Waals surface area contributed by atoms with E-state index >= 15 is 0 Å². The van der Waals surface area contributed by atoms with Crippen molar-refractivity contribution in [2.45, 2.75) is 26.2 Å². The average molecular weight is 298 g/mol. The first-order valence-corrected chi connectivity index (χ1v) is 7.17. The molecule has 0 radical (unpaired) electrons. The smallest absolute Gasteiger partial charge is 0.123 e. The minimum Gasteiger partial charge on any atom is -0.493 e. The van der Waals surface area contributed by atoms with Crippen LogP contribution in [0.1, 0.15) is 24.8 Å². The summed E-state index contributed by atoms with van der Waals surface area (Å²) < 4.78 is 6.94. The molecule has 94 valence electrons. The van der Waals surface area contributed by atoms with Gasteiger partial charge in [0.2, 0.25) is 0 Å². The number of likely N-dealkylation sites (tertiary alicyclic amines) is 1. The van der Waals surface area contributed by atoms with E-state index < -0.39 is 0 Å². The number of rotatable bonds is 5. The Morgan fingerprint density at radius 1 is 1.29 bits per heavy atom. The molecule has 0 amide bonds. The normalized spacial score (nSPS) is 16.4. The molecule has 0 spiro atoms. The van der Waals surface area contributed by atoms with Crippen LogP contribution in [0, 0.1) is 6.92 Å². The second-order valence-corrected chi connectivity index (χ2v) is 5.47. The Balaban J connectivity index is 1.72. The summed E-state index contributed by atoms with van der Waals surface area (Å²) in [4.78, 5) is 2.52. The van der Waals surface area contributed by atoms with E-state index in [0.29, 0.717) is 0 Å². The highest BCUT2D eigenvalue weighted by atomic mass is 79.9. The predicted molar refractivity (Wildman–Crippen MR) is 74.7 cm³/mol. The van der Waals surface area contributed by atoms with E-state index in [9.17, 15) is 0 Å². The summed E-state index contributed by atoms with van der Waals surface area (Å²) in [5.41, 5.74) is 1.19. The maximum absolute atomic E-state index is 5.82. The molecule has 3 heteroatoms.